The lowest BCUT2D eigenvalue weighted by molar-refractivity contribution is -0.143. The number of rotatable bonds is 4. The third-order valence-corrected chi connectivity index (χ3v) is 6.78. The van der Waals surface area contributed by atoms with Crippen LogP contribution in [-0.2, 0) is 9.53 Å². The highest BCUT2D eigenvalue weighted by molar-refractivity contribution is 6.31. The number of hydrogen-bond acceptors (Lipinski definition) is 5. The van der Waals surface area contributed by atoms with Gasteiger partial charge < -0.3 is 14.1 Å². The number of furan rings is 1. The lowest BCUT2D eigenvalue weighted by Crippen LogP contribution is -2.35. The molecule has 4 heterocycles. The number of amides is 1. The molecule has 0 spiro atoms. The number of nitrogens with zero attached hydrogens (tertiary/aromatic N) is 2. The Morgan fingerprint density at radius 2 is 1.94 bits per heavy atom. The maximum absolute atomic E-state index is 13.5. The number of fused-ring (bicyclic) bond motifs is 1. The molecule has 6 rings (SSSR count). The van der Waals surface area contributed by atoms with Crippen molar-refractivity contribution in [2.45, 2.75) is 31.4 Å². The lowest BCUT2D eigenvalue weighted by atomic mass is 9.92. The van der Waals surface area contributed by atoms with E-state index < -0.39 is 12.1 Å². The average Bonchev–Trinajstić information content (AvgIpc) is 3.65. The van der Waals surface area contributed by atoms with E-state index in [2.05, 4.69) is 4.98 Å². The van der Waals surface area contributed by atoms with Crippen LogP contribution in [0.5, 0.6) is 0 Å². The largest absolute Gasteiger partial charge is 0.467 e. The van der Waals surface area contributed by atoms with Crippen LogP contribution in [0, 0.1) is 0 Å². The van der Waals surface area contributed by atoms with E-state index >= 15 is 0 Å². The number of halogens is 1. The van der Waals surface area contributed by atoms with Crippen LogP contribution >= 0.6 is 11.6 Å². The predicted molar refractivity (Wildman–Crippen MR) is 133 cm³/mol. The second kappa shape index (κ2) is 8.83. The number of carbonyl (C=O) groups is 1. The molecule has 8 heteroatoms. The van der Waals surface area contributed by atoms with Gasteiger partial charge in [-0.2, -0.15) is 5.10 Å². The number of H-pyrrole nitrogens is 1. The summed E-state index contributed by atoms with van der Waals surface area (Å²) in [6.07, 6.45) is 2.84. The van der Waals surface area contributed by atoms with Gasteiger partial charge in [0.25, 0.3) is 11.5 Å². The average molecular weight is 488 g/mol. The molecule has 2 aromatic heterocycles. The van der Waals surface area contributed by atoms with Crippen molar-refractivity contribution in [3.63, 3.8) is 0 Å². The van der Waals surface area contributed by atoms with E-state index in [-0.39, 0.29) is 11.5 Å². The fourth-order valence-corrected chi connectivity index (χ4v) is 5.10. The van der Waals surface area contributed by atoms with Gasteiger partial charge in [-0.1, -0.05) is 41.9 Å². The van der Waals surface area contributed by atoms with Crippen LogP contribution in [0.15, 0.2) is 81.2 Å². The normalized spacial score (nSPS) is 19.9. The highest BCUT2D eigenvalue weighted by atomic mass is 35.5. The minimum absolute atomic E-state index is 0.222. The summed E-state index contributed by atoms with van der Waals surface area (Å²) in [5.41, 5.74) is 2.93. The predicted octanol–water partition coefficient (Wildman–Crippen LogP) is 5.30. The van der Waals surface area contributed by atoms with Crippen LogP contribution in [0.3, 0.4) is 0 Å². The Labute approximate surface area is 206 Å². The van der Waals surface area contributed by atoms with E-state index in [1.54, 1.807) is 24.5 Å². The first-order valence-corrected chi connectivity index (χ1v) is 11.9. The molecule has 1 N–H and O–H groups in total. The molecular weight excluding hydrogens is 466 g/mol. The molecule has 176 valence electrons. The highest BCUT2D eigenvalue weighted by Crippen LogP contribution is 2.38. The third kappa shape index (κ3) is 3.87. The molecule has 2 aliphatic rings. The molecule has 2 aliphatic heterocycles. The van der Waals surface area contributed by atoms with Gasteiger partial charge in [0, 0.05) is 34.5 Å². The van der Waals surface area contributed by atoms with Crippen molar-refractivity contribution in [2.75, 3.05) is 6.61 Å². The van der Waals surface area contributed by atoms with Gasteiger partial charge in [-0.15, -0.1) is 0 Å². The van der Waals surface area contributed by atoms with Crippen molar-refractivity contribution >= 4 is 34.1 Å². The molecule has 35 heavy (non-hydrogen) atoms. The molecule has 7 nitrogen and oxygen atoms in total. The van der Waals surface area contributed by atoms with Crippen LogP contribution in [-0.4, -0.2) is 34.3 Å². The lowest BCUT2D eigenvalue weighted by Gasteiger charge is -2.22. The zero-order valence-electron chi connectivity index (χ0n) is 18.7. The van der Waals surface area contributed by atoms with Crippen molar-refractivity contribution in [1.29, 1.82) is 0 Å². The Hall–Kier alpha value is -3.68. The van der Waals surface area contributed by atoms with E-state index in [0.717, 1.165) is 22.9 Å². The minimum atomic E-state index is -0.544. The quantitative estimate of drug-likeness (QED) is 0.423. The van der Waals surface area contributed by atoms with Gasteiger partial charge in [0.05, 0.1) is 17.5 Å². The molecule has 0 saturated carbocycles. The standard InChI is InChI=1S/C27H22ClN3O4/c28-17-10-11-19-18(14-17)24(16-6-2-1-3-7-16)25(26(32)29-19)20-15-21(22-8-4-12-34-22)31(30-20)27(33)23-9-5-13-35-23/h1-4,6-8,10-12,14,21,23H,5,9,13,15H2,(H,29,32). The number of hydrogen-bond donors (Lipinski definition) is 1. The molecule has 0 bridgehead atoms. The SMILES string of the molecule is O=C(C1CCCO1)N1N=C(c2c(-c3ccccc3)c3cc(Cl)ccc3[nH]c2=O)CC1c1ccco1. The van der Waals surface area contributed by atoms with Crippen LogP contribution < -0.4 is 5.56 Å². The maximum Gasteiger partial charge on any atom is 0.272 e. The Morgan fingerprint density at radius 3 is 2.69 bits per heavy atom. The zero-order chi connectivity index (χ0) is 23.9. The summed E-state index contributed by atoms with van der Waals surface area (Å²) in [5.74, 6) is 0.386. The number of carbonyl (C=O) groups excluding carboxylic acids is 1. The number of aromatic nitrogens is 1. The molecule has 2 unspecified atom stereocenters. The van der Waals surface area contributed by atoms with Crippen LogP contribution in [0.25, 0.3) is 22.0 Å². The molecule has 0 radical (unpaired) electrons. The summed E-state index contributed by atoms with van der Waals surface area (Å²) in [6, 6.07) is 18.2. The first-order chi connectivity index (χ1) is 17.1. The Bertz CT molecular complexity index is 1490. The smallest absolute Gasteiger partial charge is 0.272 e. The van der Waals surface area contributed by atoms with Crippen molar-refractivity contribution in [2.24, 2.45) is 5.10 Å². The summed E-state index contributed by atoms with van der Waals surface area (Å²) in [7, 11) is 0. The van der Waals surface area contributed by atoms with Gasteiger partial charge in [0.15, 0.2) is 0 Å². The maximum atomic E-state index is 13.5. The molecule has 1 fully saturated rings. The van der Waals surface area contributed by atoms with E-state index in [1.165, 1.54) is 5.01 Å². The molecular formula is C27H22ClN3O4. The highest BCUT2D eigenvalue weighted by Gasteiger charge is 2.40. The number of pyridine rings is 1. The number of aromatic amines is 1. The van der Waals surface area contributed by atoms with Gasteiger partial charge in [-0.25, -0.2) is 5.01 Å². The van der Waals surface area contributed by atoms with Gasteiger partial charge >= 0.3 is 0 Å². The van der Waals surface area contributed by atoms with Crippen molar-refractivity contribution in [1.82, 2.24) is 9.99 Å². The van der Waals surface area contributed by atoms with Crippen molar-refractivity contribution in [3.8, 4) is 11.1 Å². The Kier molecular flexibility index (Phi) is 5.51. The number of hydrazone groups is 1. The first kappa shape index (κ1) is 21.8. The summed E-state index contributed by atoms with van der Waals surface area (Å²) >= 11 is 6.36. The first-order valence-electron chi connectivity index (χ1n) is 11.6. The monoisotopic (exact) mass is 487 g/mol. The molecule has 0 aliphatic carbocycles. The van der Waals surface area contributed by atoms with Crippen molar-refractivity contribution < 1.29 is 13.9 Å². The Morgan fingerprint density at radius 1 is 1.09 bits per heavy atom. The van der Waals surface area contributed by atoms with E-state index in [1.807, 2.05) is 42.5 Å². The fraction of sp³-hybridized carbons (Fsp3) is 0.222. The fourth-order valence-electron chi connectivity index (χ4n) is 4.93. The molecule has 1 saturated heterocycles. The molecule has 4 aromatic rings. The van der Waals surface area contributed by atoms with Gasteiger partial charge in [0.1, 0.15) is 17.9 Å². The number of nitrogens with one attached hydrogen (secondary N) is 1. The second-order valence-electron chi connectivity index (χ2n) is 8.73. The van der Waals surface area contributed by atoms with Gasteiger partial charge in [-0.3, -0.25) is 9.59 Å². The zero-order valence-corrected chi connectivity index (χ0v) is 19.5. The third-order valence-electron chi connectivity index (χ3n) is 6.54. The van der Waals surface area contributed by atoms with Gasteiger partial charge in [0.2, 0.25) is 0 Å². The summed E-state index contributed by atoms with van der Waals surface area (Å²) in [6.45, 7) is 0.551. The summed E-state index contributed by atoms with van der Waals surface area (Å²) < 4.78 is 11.3. The topological polar surface area (TPSA) is 87.9 Å². The van der Waals surface area contributed by atoms with Crippen LogP contribution in [0.4, 0.5) is 0 Å². The van der Waals surface area contributed by atoms with Crippen LogP contribution in [0.2, 0.25) is 5.02 Å². The van der Waals surface area contributed by atoms with E-state index in [9.17, 15) is 9.59 Å². The summed E-state index contributed by atoms with van der Waals surface area (Å²) in [5, 5.41) is 7.52. The second-order valence-corrected chi connectivity index (χ2v) is 9.16. The van der Waals surface area contributed by atoms with Gasteiger partial charge in [-0.05, 0) is 48.7 Å². The number of benzene rings is 2. The minimum Gasteiger partial charge on any atom is -0.467 e. The molecule has 2 aromatic carbocycles. The molecule has 2 atom stereocenters. The van der Waals surface area contributed by atoms with E-state index in [0.29, 0.717) is 47.0 Å². The van der Waals surface area contributed by atoms with Crippen LogP contribution in [0.1, 0.15) is 36.6 Å². The number of ether oxygens (including phenoxy) is 1. The molecule has 1 amide bonds. The van der Waals surface area contributed by atoms with E-state index in [4.69, 9.17) is 25.9 Å². The Balaban J connectivity index is 1.55. The van der Waals surface area contributed by atoms with Crippen molar-refractivity contribution in [3.05, 3.63) is 93.6 Å². The summed E-state index contributed by atoms with van der Waals surface area (Å²) in [4.78, 5) is 29.9.